The fraction of sp³-hybridized carbons (Fsp3) is 0.750. The lowest BCUT2D eigenvalue weighted by Gasteiger charge is -2.29. The van der Waals surface area contributed by atoms with Crippen LogP contribution >= 0.6 is 0 Å². The molecular formula is C24H39F5O2Si. The smallest absolute Gasteiger partial charge is 0.337 e. The van der Waals surface area contributed by atoms with E-state index in [9.17, 15) is 22.0 Å². The van der Waals surface area contributed by atoms with Gasteiger partial charge in [0.2, 0.25) is 5.82 Å². The molecular weight excluding hydrogens is 443 g/mol. The summed E-state index contributed by atoms with van der Waals surface area (Å²) in [6.45, 7) is 5.71. The average molecular weight is 483 g/mol. The standard InChI is InChI=1S/C24H39F5O2Si/c1-4-7-8-9-10-11-12-13-14-15-16-17-30-32(5-2,6-3)31-18-19-20(25)22(27)24(29)23(28)21(19)26/h4-18H2,1-3H3. The molecule has 0 aromatic heterocycles. The third kappa shape index (κ3) is 9.10. The largest absolute Gasteiger partial charge is 0.394 e. The van der Waals surface area contributed by atoms with Gasteiger partial charge in [0.1, 0.15) is 0 Å². The maximum Gasteiger partial charge on any atom is 0.337 e. The summed E-state index contributed by atoms with van der Waals surface area (Å²) in [6, 6.07) is 1.05. The van der Waals surface area contributed by atoms with Crippen LogP contribution in [-0.4, -0.2) is 15.2 Å². The maximum absolute atomic E-state index is 13.9. The van der Waals surface area contributed by atoms with Gasteiger partial charge < -0.3 is 8.85 Å². The topological polar surface area (TPSA) is 18.5 Å². The summed E-state index contributed by atoms with van der Waals surface area (Å²) in [5.41, 5.74) is -0.946. The molecule has 0 saturated carbocycles. The van der Waals surface area contributed by atoms with Gasteiger partial charge in [0.15, 0.2) is 23.3 Å². The molecule has 0 aliphatic carbocycles. The summed E-state index contributed by atoms with van der Waals surface area (Å²) < 4.78 is 79.6. The Hall–Kier alpha value is -0.993. The van der Waals surface area contributed by atoms with E-state index < -0.39 is 49.8 Å². The second kappa shape index (κ2) is 15.8. The summed E-state index contributed by atoms with van der Waals surface area (Å²) in [5, 5.41) is 0. The minimum absolute atomic E-state index is 0.474. The van der Waals surface area contributed by atoms with Crippen LogP contribution in [0.3, 0.4) is 0 Å². The zero-order chi connectivity index (χ0) is 24.0. The zero-order valence-electron chi connectivity index (χ0n) is 19.8. The molecule has 1 aromatic carbocycles. The third-order valence-corrected chi connectivity index (χ3v) is 9.53. The number of rotatable bonds is 18. The summed E-state index contributed by atoms with van der Waals surface area (Å²) >= 11 is 0. The van der Waals surface area contributed by atoms with Gasteiger partial charge >= 0.3 is 8.56 Å². The molecule has 0 atom stereocenters. The summed E-state index contributed by atoms with van der Waals surface area (Å²) in [5.74, 6) is -9.76. The van der Waals surface area contributed by atoms with Crippen LogP contribution in [0.1, 0.15) is 97.0 Å². The molecule has 1 rings (SSSR count). The first-order valence-corrected chi connectivity index (χ1v) is 14.3. The van der Waals surface area contributed by atoms with Crippen molar-refractivity contribution in [2.75, 3.05) is 6.61 Å². The predicted molar refractivity (Wildman–Crippen MR) is 120 cm³/mol. The molecule has 32 heavy (non-hydrogen) atoms. The second-order valence-corrected chi connectivity index (χ2v) is 12.2. The third-order valence-electron chi connectivity index (χ3n) is 5.97. The molecule has 0 unspecified atom stereocenters. The zero-order valence-corrected chi connectivity index (χ0v) is 20.8. The molecule has 0 fully saturated rings. The van der Waals surface area contributed by atoms with Crippen molar-refractivity contribution in [3.8, 4) is 0 Å². The van der Waals surface area contributed by atoms with Crippen molar-refractivity contribution in [3.63, 3.8) is 0 Å². The molecule has 0 aliphatic heterocycles. The van der Waals surface area contributed by atoms with Crippen LogP contribution in [-0.2, 0) is 15.5 Å². The Morgan fingerprint density at radius 1 is 0.531 bits per heavy atom. The first kappa shape index (κ1) is 29.0. The fourth-order valence-corrected chi connectivity index (χ4v) is 6.03. The Bertz CT molecular complexity index is 639. The van der Waals surface area contributed by atoms with Crippen molar-refractivity contribution >= 4 is 8.56 Å². The minimum Gasteiger partial charge on any atom is -0.394 e. The van der Waals surface area contributed by atoms with Crippen molar-refractivity contribution in [3.05, 3.63) is 34.6 Å². The van der Waals surface area contributed by atoms with Gasteiger partial charge in [-0.05, 0) is 18.5 Å². The van der Waals surface area contributed by atoms with Gasteiger partial charge in [-0.2, -0.15) is 0 Å². The Labute approximate surface area is 191 Å². The number of halogens is 5. The van der Waals surface area contributed by atoms with Crippen LogP contribution < -0.4 is 0 Å². The van der Waals surface area contributed by atoms with Crippen molar-refractivity contribution < 1.29 is 30.8 Å². The van der Waals surface area contributed by atoms with Gasteiger partial charge in [0.25, 0.3) is 0 Å². The maximum atomic E-state index is 13.9. The first-order chi connectivity index (χ1) is 15.3. The molecule has 8 heteroatoms. The highest BCUT2D eigenvalue weighted by atomic mass is 28.4. The van der Waals surface area contributed by atoms with E-state index in [0.29, 0.717) is 18.7 Å². The van der Waals surface area contributed by atoms with E-state index >= 15 is 0 Å². The number of benzene rings is 1. The molecule has 0 spiro atoms. The molecule has 0 N–H and O–H groups in total. The summed E-state index contributed by atoms with van der Waals surface area (Å²) in [7, 11) is -2.79. The summed E-state index contributed by atoms with van der Waals surface area (Å²) in [6.07, 6.45) is 13.3. The average Bonchev–Trinajstić information content (AvgIpc) is 2.81. The minimum atomic E-state index is -2.79. The lowest BCUT2D eigenvalue weighted by atomic mass is 10.1. The van der Waals surface area contributed by atoms with Gasteiger partial charge in [-0.25, -0.2) is 22.0 Å². The van der Waals surface area contributed by atoms with E-state index in [0.717, 1.165) is 19.3 Å². The van der Waals surface area contributed by atoms with Crippen LogP contribution in [0.4, 0.5) is 22.0 Å². The van der Waals surface area contributed by atoms with E-state index in [1.165, 1.54) is 51.4 Å². The van der Waals surface area contributed by atoms with E-state index in [2.05, 4.69) is 6.92 Å². The Balaban J connectivity index is 2.39. The fourth-order valence-electron chi connectivity index (χ4n) is 3.71. The molecule has 0 radical (unpaired) electrons. The highest BCUT2D eigenvalue weighted by Crippen LogP contribution is 2.27. The van der Waals surface area contributed by atoms with E-state index in [-0.39, 0.29) is 0 Å². The Kier molecular flexibility index (Phi) is 14.3. The normalized spacial score (nSPS) is 12.0. The Morgan fingerprint density at radius 2 is 0.938 bits per heavy atom. The van der Waals surface area contributed by atoms with Crippen LogP contribution in [0, 0.1) is 29.1 Å². The first-order valence-electron chi connectivity index (χ1n) is 12.1. The summed E-state index contributed by atoms with van der Waals surface area (Å²) in [4.78, 5) is 0. The highest BCUT2D eigenvalue weighted by Gasteiger charge is 2.35. The van der Waals surface area contributed by atoms with Crippen LogP contribution in [0.5, 0.6) is 0 Å². The molecule has 0 heterocycles. The number of hydrogen-bond donors (Lipinski definition) is 0. The molecule has 2 nitrogen and oxygen atoms in total. The number of unbranched alkanes of at least 4 members (excludes halogenated alkanes) is 10. The van der Waals surface area contributed by atoms with Gasteiger partial charge in [0.05, 0.1) is 12.2 Å². The predicted octanol–water partition coefficient (Wildman–Crippen LogP) is 8.71. The van der Waals surface area contributed by atoms with E-state index in [4.69, 9.17) is 8.85 Å². The molecule has 0 aliphatic rings. The molecule has 1 aromatic rings. The highest BCUT2D eigenvalue weighted by molar-refractivity contribution is 6.67. The molecule has 0 amide bonds. The van der Waals surface area contributed by atoms with Crippen molar-refractivity contribution in [2.24, 2.45) is 0 Å². The van der Waals surface area contributed by atoms with Gasteiger partial charge in [0, 0.05) is 6.61 Å². The number of hydrogen-bond acceptors (Lipinski definition) is 2. The quantitative estimate of drug-likeness (QED) is 0.0685. The van der Waals surface area contributed by atoms with Crippen molar-refractivity contribution in [1.82, 2.24) is 0 Å². The van der Waals surface area contributed by atoms with Crippen LogP contribution in [0.25, 0.3) is 0 Å². The van der Waals surface area contributed by atoms with E-state index in [1.54, 1.807) is 0 Å². The van der Waals surface area contributed by atoms with Gasteiger partial charge in [-0.15, -0.1) is 0 Å². The SMILES string of the molecule is CCCCCCCCCCCCCO[Si](CC)(CC)OCc1c(F)c(F)c(F)c(F)c1F. The van der Waals surface area contributed by atoms with Gasteiger partial charge in [-0.1, -0.05) is 85.0 Å². The second-order valence-electron chi connectivity index (χ2n) is 8.34. The van der Waals surface area contributed by atoms with Crippen molar-refractivity contribution in [1.29, 1.82) is 0 Å². The lowest BCUT2D eigenvalue weighted by Crippen LogP contribution is -2.41. The van der Waals surface area contributed by atoms with Crippen molar-refractivity contribution in [2.45, 2.75) is 110 Å². The van der Waals surface area contributed by atoms with Gasteiger partial charge in [-0.3, -0.25) is 0 Å². The van der Waals surface area contributed by atoms with Crippen LogP contribution in [0.15, 0.2) is 0 Å². The monoisotopic (exact) mass is 482 g/mol. The van der Waals surface area contributed by atoms with E-state index in [1.807, 2.05) is 13.8 Å². The van der Waals surface area contributed by atoms with Crippen LogP contribution in [0.2, 0.25) is 12.1 Å². The lowest BCUT2D eigenvalue weighted by molar-refractivity contribution is 0.153. The Morgan fingerprint density at radius 3 is 1.38 bits per heavy atom. The molecule has 0 saturated heterocycles. The molecule has 0 bridgehead atoms. The molecule has 186 valence electrons.